The van der Waals surface area contributed by atoms with Crippen LogP contribution in [0.1, 0.15) is 5.56 Å². The molecule has 0 atom stereocenters. The highest BCUT2D eigenvalue weighted by atomic mass is 16.1. The Hall–Kier alpha value is -2.03. The van der Waals surface area contributed by atoms with Crippen molar-refractivity contribution in [2.45, 2.75) is 6.92 Å². The summed E-state index contributed by atoms with van der Waals surface area (Å²) in [6.07, 6.45) is 1.72. The Morgan fingerprint density at radius 3 is 2.73 bits per heavy atom. The highest BCUT2D eigenvalue weighted by Crippen LogP contribution is 2.24. The summed E-state index contributed by atoms with van der Waals surface area (Å²) < 4.78 is 0. The summed E-state index contributed by atoms with van der Waals surface area (Å²) in [5.74, 6) is 0. The SMILES string of the molecule is Cc1ccc2[nH]c3c[nH]c(=O)cc3c2c1. The smallest absolute Gasteiger partial charge is 0.248 e. The molecule has 2 N–H and O–H groups in total. The zero-order valence-corrected chi connectivity index (χ0v) is 8.29. The fourth-order valence-corrected chi connectivity index (χ4v) is 1.93. The van der Waals surface area contributed by atoms with Crippen molar-refractivity contribution < 1.29 is 0 Å². The Morgan fingerprint density at radius 2 is 1.87 bits per heavy atom. The van der Waals surface area contributed by atoms with E-state index >= 15 is 0 Å². The molecule has 0 amide bonds. The van der Waals surface area contributed by atoms with Gasteiger partial charge in [0.25, 0.3) is 0 Å². The van der Waals surface area contributed by atoms with E-state index in [4.69, 9.17) is 0 Å². The molecule has 3 heteroatoms. The van der Waals surface area contributed by atoms with Crippen LogP contribution in [-0.4, -0.2) is 9.97 Å². The van der Waals surface area contributed by atoms with Gasteiger partial charge in [-0.3, -0.25) is 4.79 Å². The molecule has 1 aromatic carbocycles. The van der Waals surface area contributed by atoms with Crippen molar-refractivity contribution in [1.29, 1.82) is 0 Å². The van der Waals surface area contributed by atoms with E-state index in [-0.39, 0.29) is 5.56 Å². The molecule has 0 fully saturated rings. The summed E-state index contributed by atoms with van der Waals surface area (Å²) >= 11 is 0. The van der Waals surface area contributed by atoms with E-state index in [9.17, 15) is 4.79 Å². The van der Waals surface area contributed by atoms with Crippen LogP contribution < -0.4 is 5.56 Å². The molecule has 0 aliphatic rings. The maximum atomic E-state index is 11.2. The van der Waals surface area contributed by atoms with Crippen molar-refractivity contribution >= 4 is 21.8 Å². The highest BCUT2D eigenvalue weighted by Gasteiger charge is 2.03. The topological polar surface area (TPSA) is 48.6 Å². The molecule has 0 saturated carbocycles. The summed E-state index contributed by atoms with van der Waals surface area (Å²) in [6, 6.07) is 7.82. The minimum atomic E-state index is -0.0649. The number of hydrogen-bond donors (Lipinski definition) is 2. The molecule has 0 radical (unpaired) electrons. The highest BCUT2D eigenvalue weighted by molar-refractivity contribution is 6.06. The third kappa shape index (κ3) is 1.16. The van der Waals surface area contributed by atoms with Crippen molar-refractivity contribution in [2.24, 2.45) is 0 Å². The Balaban J connectivity index is 2.60. The lowest BCUT2D eigenvalue weighted by molar-refractivity contribution is 1.26. The summed E-state index contributed by atoms with van der Waals surface area (Å²) in [4.78, 5) is 17.2. The first-order valence-corrected chi connectivity index (χ1v) is 4.85. The van der Waals surface area contributed by atoms with Crippen LogP contribution in [0.25, 0.3) is 21.8 Å². The number of nitrogens with one attached hydrogen (secondary N) is 2. The van der Waals surface area contributed by atoms with Gasteiger partial charge in [0, 0.05) is 28.6 Å². The molecule has 0 aliphatic heterocycles. The van der Waals surface area contributed by atoms with Gasteiger partial charge in [0.05, 0.1) is 5.52 Å². The molecule has 3 rings (SSSR count). The van der Waals surface area contributed by atoms with Crippen molar-refractivity contribution in [3.63, 3.8) is 0 Å². The van der Waals surface area contributed by atoms with Crippen molar-refractivity contribution in [1.82, 2.24) is 9.97 Å². The first-order chi connectivity index (χ1) is 7.24. The average Bonchev–Trinajstić information content (AvgIpc) is 2.56. The Kier molecular flexibility index (Phi) is 1.51. The maximum absolute atomic E-state index is 11.2. The first kappa shape index (κ1) is 8.29. The second-order valence-electron chi connectivity index (χ2n) is 3.80. The van der Waals surface area contributed by atoms with Gasteiger partial charge in [-0.25, -0.2) is 0 Å². The van der Waals surface area contributed by atoms with Crippen LogP contribution in [-0.2, 0) is 0 Å². The first-order valence-electron chi connectivity index (χ1n) is 4.85. The van der Waals surface area contributed by atoms with Crippen molar-refractivity contribution in [2.75, 3.05) is 0 Å². The van der Waals surface area contributed by atoms with Crippen LogP contribution in [0.2, 0.25) is 0 Å². The number of H-pyrrole nitrogens is 2. The molecular weight excluding hydrogens is 188 g/mol. The fourth-order valence-electron chi connectivity index (χ4n) is 1.93. The number of aromatic amines is 2. The lowest BCUT2D eigenvalue weighted by atomic mass is 10.1. The van der Waals surface area contributed by atoms with Crippen LogP contribution in [0.5, 0.6) is 0 Å². The molecule has 0 spiro atoms. The monoisotopic (exact) mass is 198 g/mol. The fraction of sp³-hybridized carbons (Fsp3) is 0.0833. The zero-order valence-electron chi connectivity index (χ0n) is 8.29. The van der Waals surface area contributed by atoms with Crippen LogP contribution in [0, 0.1) is 6.92 Å². The molecular formula is C12H10N2O. The average molecular weight is 198 g/mol. The predicted molar refractivity (Wildman–Crippen MR) is 61.2 cm³/mol. The van der Waals surface area contributed by atoms with Crippen LogP contribution in [0.15, 0.2) is 35.3 Å². The second kappa shape index (κ2) is 2.73. The summed E-state index contributed by atoms with van der Waals surface area (Å²) in [7, 11) is 0. The van der Waals surface area contributed by atoms with E-state index in [1.54, 1.807) is 12.3 Å². The number of rotatable bonds is 0. The molecule has 0 saturated heterocycles. The lowest BCUT2D eigenvalue weighted by Crippen LogP contribution is -2.00. The quantitative estimate of drug-likeness (QED) is 0.572. The van der Waals surface area contributed by atoms with Gasteiger partial charge < -0.3 is 9.97 Å². The third-order valence-corrected chi connectivity index (χ3v) is 2.66. The zero-order chi connectivity index (χ0) is 10.4. The van der Waals surface area contributed by atoms with Gasteiger partial charge in [-0.1, -0.05) is 11.6 Å². The molecule has 2 heterocycles. The Bertz CT molecular complexity index is 706. The number of fused-ring (bicyclic) bond motifs is 3. The molecule has 3 nitrogen and oxygen atoms in total. The summed E-state index contributed by atoms with van der Waals surface area (Å²) in [5, 5.41) is 2.09. The Morgan fingerprint density at radius 1 is 1.07 bits per heavy atom. The maximum Gasteiger partial charge on any atom is 0.248 e. The van der Waals surface area contributed by atoms with Crippen molar-refractivity contribution in [3.05, 3.63) is 46.4 Å². The number of aromatic nitrogens is 2. The van der Waals surface area contributed by atoms with Gasteiger partial charge in [0.1, 0.15) is 0 Å². The molecule has 15 heavy (non-hydrogen) atoms. The summed E-state index contributed by atoms with van der Waals surface area (Å²) in [5.41, 5.74) is 3.17. The van der Waals surface area contributed by atoms with E-state index in [1.807, 2.05) is 13.0 Å². The molecule has 0 aliphatic carbocycles. The van der Waals surface area contributed by atoms with Crippen molar-refractivity contribution in [3.8, 4) is 0 Å². The van der Waals surface area contributed by atoms with Crippen LogP contribution >= 0.6 is 0 Å². The van der Waals surface area contributed by atoms with E-state index < -0.39 is 0 Å². The third-order valence-electron chi connectivity index (χ3n) is 2.66. The number of benzene rings is 1. The molecule has 2 aromatic heterocycles. The predicted octanol–water partition coefficient (Wildman–Crippen LogP) is 2.32. The van der Waals surface area contributed by atoms with Gasteiger partial charge in [-0.2, -0.15) is 0 Å². The molecule has 3 aromatic rings. The molecule has 0 unspecified atom stereocenters. The minimum Gasteiger partial charge on any atom is -0.353 e. The van der Waals surface area contributed by atoms with E-state index in [0.717, 1.165) is 21.8 Å². The van der Waals surface area contributed by atoms with Crippen LogP contribution in [0.3, 0.4) is 0 Å². The molecule has 74 valence electrons. The Labute approximate surface area is 85.8 Å². The number of aryl methyl sites for hydroxylation is 1. The van der Waals surface area contributed by atoms with E-state index in [0.29, 0.717) is 0 Å². The molecule has 0 bridgehead atoms. The summed E-state index contributed by atoms with van der Waals surface area (Å²) in [6.45, 7) is 2.05. The van der Waals surface area contributed by atoms with Gasteiger partial charge in [-0.05, 0) is 19.1 Å². The van der Waals surface area contributed by atoms with E-state index in [2.05, 4.69) is 22.1 Å². The van der Waals surface area contributed by atoms with Crippen LogP contribution in [0.4, 0.5) is 0 Å². The minimum absolute atomic E-state index is 0.0649. The van der Waals surface area contributed by atoms with Gasteiger partial charge in [0.15, 0.2) is 0 Å². The largest absolute Gasteiger partial charge is 0.353 e. The second-order valence-corrected chi connectivity index (χ2v) is 3.80. The standard InChI is InChI=1S/C12H10N2O/c1-7-2-3-10-8(4-7)9-5-12(15)13-6-11(9)14-10/h2-6,14H,1H3,(H,13,15). The lowest BCUT2D eigenvalue weighted by Gasteiger charge is -1.92. The van der Waals surface area contributed by atoms with E-state index in [1.165, 1.54) is 5.56 Å². The number of pyridine rings is 1. The number of hydrogen-bond acceptors (Lipinski definition) is 1. The van der Waals surface area contributed by atoms with Gasteiger partial charge in [0.2, 0.25) is 5.56 Å². The normalized spacial score (nSPS) is 11.3. The van der Waals surface area contributed by atoms with Gasteiger partial charge >= 0.3 is 0 Å². The van der Waals surface area contributed by atoms with Gasteiger partial charge in [-0.15, -0.1) is 0 Å².